The van der Waals surface area contributed by atoms with Gasteiger partial charge < -0.3 is 5.11 Å². The molecule has 1 N–H and O–H groups in total. The molecule has 1 aliphatic carbocycles. The van der Waals surface area contributed by atoms with Crippen molar-refractivity contribution in [2.24, 2.45) is 5.92 Å². The predicted octanol–water partition coefficient (Wildman–Crippen LogP) is 0.402. The van der Waals surface area contributed by atoms with E-state index in [1.165, 1.54) is 0 Å². The Hall–Kier alpha value is -0.870. The summed E-state index contributed by atoms with van der Waals surface area (Å²) in [4.78, 5) is 0.152. The quantitative estimate of drug-likeness (QED) is 0.663. The van der Waals surface area contributed by atoms with Gasteiger partial charge in [-0.1, -0.05) is 30.4 Å². The standard InChI is InChI=1S/C9H10O3S/c10-6-8-5-7-3-1-2-4-9(7)13(8,11)12/h1-5,7,9-10H,6H2. The van der Waals surface area contributed by atoms with Crippen LogP contribution < -0.4 is 0 Å². The number of aliphatic hydroxyl groups excluding tert-OH is 1. The fraction of sp³-hybridized carbons (Fsp3) is 0.333. The largest absolute Gasteiger partial charge is 0.391 e. The van der Waals surface area contributed by atoms with E-state index in [4.69, 9.17) is 5.11 Å². The molecule has 2 aliphatic rings. The molecule has 2 rings (SSSR count). The van der Waals surface area contributed by atoms with E-state index in [2.05, 4.69) is 0 Å². The van der Waals surface area contributed by atoms with Crippen molar-refractivity contribution < 1.29 is 13.5 Å². The lowest BCUT2D eigenvalue weighted by Crippen LogP contribution is -2.22. The van der Waals surface area contributed by atoms with Crippen LogP contribution >= 0.6 is 0 Å². The maximum atomic E-state index is 11.6. The Morgan fingerprint density at radius 2 is 2.00 bits per heavy atom. The van der Waals surface area contributed by atoms with Gasteiger partial charge >= 0.3 is 0 Å². The Morgan fingerprint density at radius 1 is 1.31 bits per heavy atom. The lowest BCUT2D eigenvalue weighted by Gasteiger charge is -2.13. The molecule has 13 heavy (non-hydrogen) atoms. The first kappa shape index (κ1) is 8.72. The van der Waals surface area contributed by atoms with Gasteiger partial charge in [-0.15, -0.1) is 0 Å². The molecule has 0 aromatic heterocycles. The van der Waals surface area contributed by atoms with Crippen LogP contribution in [0.15, 0.2) is 35.3 Å². The second-order valence-electron chi connectivity index (χ2n) is 3.15. The lowest BCUT2D eigenvalue weighted by molar-refractivity contribution is 0.338. The van der Waals surface area contributed by atoms with Crippen LogP contribution in [0.5, 0.6) is 0 Å². The molecule has 0 saturated heterocycles. The lowest BCUT2D eigenvalue weighted by atomic mass is 10.0. The summed E-state index contributed by atoms with van der Waals surface area (Å²) < 4.78 is 23.3. The highest BCUT2D eigenvalue weighted by atomic mass is 32.2. The summed E-state index contributed by atoms with van der Waals surface area (Å²) in [5.74, 6) is -0.0860. The Kier molecular flexibility index (Phi) is 1.89. The molecule has 0 amide bonds. The third kappa shape index (κ3) is 1.17. The molecular weight excluding hydrogens is 188 g/mol. The summed E-state index contributed by atoms with van der Waals surface area (Å²) in [6.07, 6.45) is 8.68. The number of hydrogen-bond acceptors (Lipinski definition) is 3. The number of hydrogen-bond donors (Lipinski definition) is 1. The SMILES string of the molecule is O=S1(=O)C(CO)=CC2C=CC=CC21. The maximum Gasteiger partial charge on any atom is 0.183 e. The van der Waals surface area contributed by atoms with Gasteiger partial charge in [0.2, 0.25) is 0 Å². The fourth-order valence-corrected chi connectivity index (χ4v) is 3.45. The monoisotopic (exact) mass is 198 g/mol. The van der Waals surface area contributed by atoms with Crippen LogP contribution in [0.4, 0.5) is 0 Å². The average molecular weight is 198 g/mol. The predicted molar refractivity (Wildman–Crippen MR) is 49.6 cm³/mol. The van der Waals surface area contributed by atoms with Crippen molar-refractivity contribution in [3.8, 4) is 0 Å². The molecular formula is C9H10O3S. The minimum absolute atomic E-state index is 0.0860. The number of allylic oxidation sites excluding steroid dienone is 4. The van der Waals surface area contributed by atoms with Gasteiger partial charge in [0.05, 0.1) is 16.8 Å². The summed E-state index contributed by atoms with van der Waals surface area (Å²) in [5.41, 5.74) is 0. The van der Waals surface area contributed by atoms with E-state index in [0.717, 1.165) is 0 Å². The van der Waals surface area contributed by atoms with Gasteiger partial charge in [0, 0.05) is 5.92 Å². The topological polar surface area (TPSA) is 54.4 Å². The van der Waals surface area contributed by atoms with Gasteiger partial charge in [-0.3, -0.25) is 0 Å². The molecule has 3 nitrogen and oxygen atoms in total. The summed E-state index contributed by atoms with van der Waals surface area (Å²) in [6, 6.07) is 0. The first-order valence-electron chi connectivity index (χ1n) is 4.06. The number of fused-ring (bicyclic) bond motifs is 1. The van der Waals surface area contributed by atoms with Crippen molar-refractivity contribution in [2.45, 2.75) is 5.25 Å². The molecule has 0 aromatic rings. The fourth-order valence-electron chi connectivity index (χ4n) is 1.69. The van der Waals surface area contributed by atoms with Crippen LogP contribution in [0.25, 0.3) is 0 Å². The Bertz CT molecular complexity index is 401. The van der Waals surface area contributed by atoms with Gasteiger partial charge in [0.15, 0.2) is 9.84 Å². The van der Waals surface area contributed by atoms with Crippen LogP contribution in [0.2, 0.25) is 0 Å². The van der Waals surface area contributed by atoms with Gasteiger partial charge in [-0.05, 0) is 0 Å². The Balaban J connectivity index is 2.48. The molecule has 0 fully saturated rings. The molecule has 70 valence electrons. The molecule has 0 bridgehead atoms. The smallest absolute Gasteiger partial charge is 0.183 e. The molecule has 1 heterocycles. The van der Waals surface area contributed by atoms with Crippen LogP contribution in [-0.2, 0) is 9.84 Å². The van der Waals surface area contributed by atoms with Crippen molar-refractivity contribution in [1.82, 2.24) is 0 Å². The number of aliphatic hydroxyl groups is 1. The molecule has 2 atom stereocenters. The van der Waals surface area contributed by atoms with Crippen LogP contribution in [-0.4, -0.2) is 25.4 Å². The summed E-state index contributed by atoms with van der Waals surface area (Å²) >= 11 is 0. The first-order chi connectivity index (χ1) is 6.16. The van der Waals surface area contributed by atoms with Crippen LogP contribution in [0.1, 0.15) is 0 Å². The molecule has 0 aromatic carbocycles. The van der Waals surface area contributed by atoms with E-state index in [1.54, 1.807) is 18.2 Å². The van der Waals surface area contributed by atoms with Gasteiger partial charge in [0.25, 0.3) is 0 Å². The molecule has 0 spiro atoms. The first-order valence-corrected chi connectivity index (χ1v) is 5.61. The highest BCUT2D eigenvalue weighted by Crippen LogP contribution is 2.33. The summed E-state index contributed by atoms with van der Waals surface area (Å²) in [7, 11) is -3.26. The highest BCUT2D eigenvalue weighted by molar-refractivity contribution is 7.96. The van der Waals surface area contributed by atoms with E-state index in [0.29, 0.717) is 0 Å². The second kappa shape index (κ2) is 2.82. The van der Waals surface area contributed by atoms with E-state index in [-0.39, 0.29) is 10.8 Å². The van der Waals surface area contributed by atoms with Crippen molar-refractivity contribution >= 4 is 9.84 Å². The van der Waals surface area contributed by atoms with E-state index in [1.807, 2.05) is 12.2 Å². The zero-order chi connectivity index (χ0) is 9.47. The minimum Gasteiger partial charge on any atom is -0.391 e. The normalized spacial score (nSPS) is 34.4. The van der Waals surface area contributed by atoms with Crippen molar-refractivity contribution in [2.75, 3.05) is 6.61 Å². The Labute approximate surface area is 77.0 Å². The van der Waals surface area contributed by atoms with E-state index < -0.39 is 21.7 Å². The number of sulfone groups is 1. The van der Waals surface area contributed by atoms with Gasteiger partial charge in [-0.2, -0.15) is 0 Å². The molecule has 2 unspecified atom stereocenters. The molecule has 4 heteroatoms. The molecule has 0 saturated carbocycles. The Morgan fingerprint density at radius 3 is 2.62 bits per heavy atom. The van der Waals surface area contributed by atoms with E-state index >= 15 is 0 Å². The van der Waals surface area contributed by atoms with Crippen LogP contribution in [0, 0.1) is 5.92 Å². The summed E-state index contributed by atoms with van der Waals surface area (Å²) in [6.45, 7) is -0.392. The third-order valence-corrected chi connectivity index (χ3v) is 4.57. The third-order valence-electron chi connectivity index (χ3n) is 2.38. The van der Waals surface area contributed by atoms with Gasteiger partial charge in [-0.25, -0.2) is 8.42 Å². The highest BCUT2D eigenvalue weighted by Gasteiger charge is 2.38. The average Bonchev–Trinajstić information content (AvgIpc) is 2.39. The van der Waals surface area contributed by atoms with Gasteiger partial charge in [0.1, 0.15) is 0 Å². The molecule has 1 aliphatic heterocycles. The zero-order valence-electron chi connectivity index (χ0n) is 6.92. The van der Waals surface area contributed by atoms with Crippen molar-refractivity contribution in [3.05, 3.63) is 35.3 Å². The molecule has 0 radical (unpaired) electrons. The van der Waals surface area contributed by atoms with Crippen LogP contribution in [0.3, 0.4) is 0 Å². The zero-order valence-corrected chi connectivity index (χ0v) is 7.74. The number of rotatable bonds is 1. The van der Waals surface area contributed by atoms with Crippen molar-refractivity contribution in [3.63, 3.8) is 0 Å². The van der Waals surface area contributed by atoms with Crippen molar-refractivity contribution in [1.29, 1.82) is 0 Å². The summed E-state index contributed by atoms with van der Waals surface area (Å²) in [5, 5.41) is 8.37. The second-order valence-corrected chi connectivity index (χ2v) is 5.31. The maximum absolute atomic E-state index is 11.6. The van der Waals surface area contributed by atoms with E-state index in [9.17, 15) is 8.42 Å². The minimum atomic E-state index is -3.26.